The first-order valence-corrected chi connectivity index (χ1v) is 15.5. The lowest BCUT2D eigenvalue weighted by molar-refractivity contribution is 0.273. The van der Waals surface area contributed by atoms with Gasteiger partial charge in [-0.3, -0.25) is 28.3 Å². The Balaban J connectivity index is 1.30. The van der Waals surface area contributed by atoms with Crippen molar-refractivity contribution >= 4 is 38.5 Å². The molecule has 0 radical (unpaired) electrons. The molecule has 12 nitrogen and oxygen atoms in total. The van der Waals surface area contributed by atoms with Crippen molar-refractivity contribution in [3.05, 3.63) is 97.2 Å². The second-order valence-electron chi connectivity index (χ2n) is 10.7. The maximum absolute atomic E-state index is 14.4. The Morgan fingerprint density at radius 1 is 1.14 bits per heavy atom. The molecule has 6 rings (SSSR count). The second kappa shape index (κ2) is 11.1. The largest absolute Gasteiger partial charge is 0.336 e. The monoisotopic (exact) mass is 626 g/mol. The van der Waals surface area contributed by atoms with Crippen molar-refractivity contribution in [3.8, 4) is 0 Å². The van der Waals surface area contributed by atoms with Gasteiger partial charge in [-0.25, -0.2) is 22.6 Å². The number of sulfonamides is 1. The maximum atomic E-state index is 14.4. The molecule has 2 N–H and O–H groups in total. The Labute approximate surface area is 250 Å². The van der Waals surface area contributed by atoms with E-state index in [2.05, 4.69) is 24.8 Å². The van der Waals surface area contributed by atoms with Crippen molar-refractivity contribution in [2.45, 2.75) is 50.6 Å². The van der Waals surface area contributed by atoms with Crippen molar-refractivity contribution in [1.82, 2.24) is 33.9 Å². The first-order valence-electron chi connectivity index (χ1n) is 13.6. The number of aromatic amines is 1. The standard InChI is InChI=1S/C28H28ClFN8O4S/c1-16-24(25(29)36(2)34-16)43(41,42)35-20-11-10-19(31-13-20)12-22-32-23-26(33-22)37(14-17-6-5-7-17)28(40)38(27(23)39)15-18-8-3-4-9-21(18)30/h3-4,8-11,13,17,35H,5-7,12,14-15H2,1-2H3,(H,32,33). The fraction of sp³-hybridized carbons (Fsp3) is 0.321. The van der Waals surface area contributed by atoms with E-state index < -0.39 is 27.1 Å². The average Bonchev–Trinajstić information content (AvgIpc) is 3.47. The molecule has 1 saturated carbocycles. The number of H-pyrrole nitrogens is 1. The topological polar surface area (TPSA) is 150 Å². The second-order valence-corrected chi connectivity index (χ2v) is 12.7. The SMILES string of the molecule is Cc1nn(C)c(Cl)c1S(=O)(=O)Nc1ccc(Cc2nc3c([nH]2)c(=O)n(Cc2ccccc2F)c(=O)n3CC2CCC2)nc1. The van der Waals surface area contributed by atoms with Crippen LogP contribution in [0.4, 0.5) is 10.1 Å². The first kappa shape index (κ1) is 28.8. The number of hydrogen-bond donors (Lipinski definition) is 2. The molecule has 4 heterocycles. The normalized spacial score (nSPS) is 13.9. The van der Waals surface area contributed by atoms with Gasteiger partial charge in [0, 0.05) is 31.3 Å². The number of aryl methyl sites for hydroxylation is 2. The molecule has 4 aromatic heterocycles. The number of aromatic nitrogens is 7. The van der Waals surface area contributed by atoms with Gasteiger partial charge in [-0.2, -0.15) is 5.10 Å². The van der Waals surface area contributed by atoms with E-state index in [1.54, 1.807) is 44.3 Å². The van der Waals surface area contributed by atoms with Crippen LogP contribution in [-0.4, -0.2) is 42.3 Å². The van der Waals surface area contributed by atoms with Crippen molar-refractivity contribution in [2.24, 2.45) is 13.0 Å². The van der Waals surface area contributed by atoms with E-state index in [0.29, 0.717) is 24.0 Å². The van der Waals surface area contributed by atoms with Crippen LogP contribution < -0.4 is 16.0 Å². The summed E-state index contributed by atoms with van der Waals surface area (Å²) in [5.74, 6) is 0.195. The highest BCUT2D eigenvalue weighted by Gasteiger charge is 2.26. The van der Waals surface area contributed by atoms with E-state index in [4.69, 9.17) is 11.6 Å². The minimum atomic E-state index is -4.01. The van der Waals surface area contributed by atoms with Gasteiger partial charge in [-0.05, 0) is 43.9 Å². The van der Waals surface area contributed by atoms with Gasteiger partial charge < -0.3 is 4.98 Å². The number of hydrogen-bond acceptors (Lipinski definition) is 7. The summed E-state index contributed by atoms with van der Waals surface area (Å²) in [6.07, 6.45) is 4.58. The summed E-state index contributed by atoms with van der Waals surface area (Å²) < 4.78 is 46.5. The highest BCUT2D eigenvalue weighted by Crippen LogP contribution is 2.28. The fourth-order valence-electron chi connectivity index (χ4n) is 5.22. The number of anilines is 1. The van der Waals surface area contributed by atoms with Gasteiger partial charge in [-0.1, -0.05) is 36.2 Å². The van der Waals surface area contributed by atoms with Gasteiger partial charge in [0.15, 0.2) is 5.65 Å². The van der Waals surface area contributed by atoms with E-state index in [1.165, 1.54) is 21.5 Å². The summed E-state index contributed by atoms with van der Waals surface area (Å²) in [4.78, 5) is 38.9. The summed E-state index contributed by atoms with van der Waals surface area (Å²) in [5.41, 5.74) is 0.525. The zero-order chi connectivity index (χ0) is 30.5. The summed E-state index contributed by atoms with van der Waals surface area (Å²) in [7, 11) is -2.46. The molecule has 5 aromatic rings. The number of nitrogens with zero attached hydrogens (tertiary/aromatic N) is 6. The molecular formula is C28H28ClFN8O4S. The number of nitrogens with one attached hydrogen (secondary N) is 2. The van der Waals surface area contributed by atoms with Crippen LogP contribution in [0.15, 0.2) is 57.1 Å². The molecule has 0 bridgehead atoms. The van der Waals surface area contributed by atoms with Gasteiger partial charge >= 0.3 is 5.69 Å². The summed E-state index contributed by atoms with van der Waals surface area (Å²) in [6, 6.07) is 9.21. The number of rotatable bonds is 9. The van der Waals surface area contributed by atoms with Crippen LogP contribution in [0.25, 0.3) is 11.2 Å². The Morgan fingerprint density at radius 2 is 1.91 bits per heavy atom. The Bertz CT molecular complexity index is 2080. The van der Waals surface area contributed by atoms with E-state index in [-0.39, 0.29) is 51.1 Å². The molecule has 0 saturated heterocycles. The smallest absolute Gasteiger partial charge is 0.333 e. The Morgan fingerprint density at radius 3 is 2.53 bits per heavy atom. The van der Waals surface area contributed by atoms with E-state index >= 15 is 0 Å². The van der Waals surface area contributed by atoms with Crippen LogP contribution in [-0.2, 0) is 36.6 Å². The number of pyridine rings is 1. The van der Waals surface area contributed by atoms with Crippen molar-refractivity contribution in [2.75, 3.05) is 4.72 Å². The van der Waals surface area contributed by atoms with Crippen molar-refractivity contribution < 1.29 is 12.8 Å². The molecule has 224 valence electrons. The van der Waals surface area contributed by atoms with Crippen molar-refractivity contribution in [1.29, 1.82) is 0 Å². The number of benzene rings is 1. The van der Waals surface area contributed by atoms with Crippen LogP contribution in [0.2, 0.25) is 5.15 Å². The van der Waals surface area contributed by atoms with E-state index in [9.17, 15) is 22.4 Å². The van der Waals surface area contributed by atoms with E-state index in [0.717, 1.165) is 23.8 Å². The molecule has 0 spiro atoms. The lowest BCUT2D eigenvalue weighted by atomic mass is 9.85. The van der Waals surface area contributed by atoms with Gasteiger partial charge in [0.2, 0.25) is 0 Å². The molecule has 1 aliphatic carbocycles. The molecule has 0 aliphatic heterocycles. The number of fused-ring (bicyclic) bond motifs is 1. The molecule has 0 unspecified atom stereocenters. The fourth-order valence-corrected chi connectivity index (χ4v) is 7.01. The Hall–Kier alpha value is -4.30. The predicted octanol–water partition coefficient (Wildman–Crippen LogP) is 3.36. The number of halogens is 2. The quantitative estimate of drug-likeness (QED) is 0.255. The Kier molecular flexibility index (Phi) is 7.42. The summed E-state index contributed by atoms with van der Waals surface area (Å²) >= 11 is 6.14. The highest BCUT2D eigenvalue weighted by molar-refractivity contribution is 7.92. The third kappa shape index (κ3) is 5.47. The minimum Gasteiger partial charge on any atom is -0.336 e. The molecule has 43 heavy (non-hydrogen) atoms. The predicted molar refractivity (Wildman–Crippen MR) is 158 cm³/mol. The molecule has 1 aromatic carbocycles. The molecule has 0 amide bonds. The molecule has 1 aliphatic rings. The third-order valence-corrected chi connectivity index (χ3v) is 9.73. The van der Waals surface area contributed by atoms with Gasteiger partial charge in [0.25, 0.3) is 15.6 Å². The number of imidazole rings is 1. The summed E-state index contributed by atoms with van der Waals surface area (Å²) in [6.45, 7) is 1.75. The molecule has 15 heteroatoms. The third-order valence-electron chi connectivity index (χ3n) is 7.66. The van der Waals surface area contributed by atoms with Crippen LogP contribution >= 0.6 is 11.6 Å². The molecule has 1 fully saturated rings. The van der Waals surface area contributed by atoms with Crippen LogP contribution in [0.5, 0.6) is 0 Å². The highest BCUT2D eigenvalue weighted by atomic mass is 35.5. The lowest BCUT2D eigenvalue weighted by Crippen LogP contribution is -2.42. The van der Waals surface area contributed by atoms with E-state index in [1.807, 2.05) is 0 Å². The van der Waals surface area contributed by atoms with Crippen LogP contribution in [0.3, 0.4) is 0 Å². The summed E-state index contributed by atoms with van der Waals surface area (Å²) in [5, 5.41) is 4.04. The molecule has 0 atom stereocenters. The first-order chi connectivity index (χ1) is 20.5. The molecular weight excluding hydrogens is 599 g/mol. The average molecular weight is 627 g/mol. The zero-order valence-corrected chi connectivity index (χ0v) is 24.9. The van der Waals surface area contributed by atoms with Gasteiger partial charge in [0.1, 0.15) is 27.2 Å². The maximum Gasteiger partial charge on any atom is 0.333 e. The van der Waals surface area contributed by atoms with Crippen LogP contribution in [0, 0.1) is 18.7 Å². The van der Waals surface area contributed by atoms with Gasteiger partial charge in [0.05, 0.1) is 24.1 Å². The lowest BCUT2D eigenvalue weighted by Gasteiger charge is -2.26. The van der Waals surface area contributed by atoms with Crippen molar-refractivity contribution in [3.63, 3.8) is 0 Å². The van der Waals surface area contributed by atoms with Crippen LogP contribution in [0.1, 0.15) is 42.0 Å². The van der Waals surface area contributed by atoms with Gasteiger partial charge in [-0.15, -0.1) is 0 Å². The zero-order valence-electron chi connectivity index (χ0n) is 23.3. The minimum absolute atomic E-state index is 0.0109.